The summed E-state index contributed by atoms with van der Waals surface area (Å²) in [4.78, 5) is 14.4. The predicted octanol–water partition coefficient (Wildman–Crippen LogP) is 3.33. The molecule has 4 nitrogen and oxygen atoms in total. The van der Waals surface area contributed by atoms with Crippen LogP contribution in [0.4, 0.5) is 0 Å². The van der Waals surface area contributed by atoms with Crippen molar-refractivity contribution in [2.24, 2.45) is 0 Å². The molecule has 2 unspecified atom stereocenters. The number of alkyl halides is 1. The van der Waals surface area contributed by atoms with E-state index in [1.54, 1.807) is 37.3 Å². The van der Waals surface area contributed by atoms with Crippen LogP contribution >= 0.6 is 11.6 Å². The van der Waals surface area contributed by atoms with Crippen LogP contribution in [0.5, 0.6) is 11.5 Å². The molecule has 5 heteroatoms. The molecule has 0 radical (unpaired) electrons. The molecule has 0 spiro atoms. The van der Waals surface area contributed by atoms with E-state index in [9.17, 15) is 4.79 Å². The summed E-state index contributed by atoms with van der Waals surface area (Å²) in [5.41, 5.74) is 0.558. The number of methoxy groups -OCH3 is 2. The highest BCUT2D eigenvalue weighted by Gasteiger charge is 2.30. The Labute approximate surface area is 131 Å². The lowest BCUT2D eigenvalue weighted by Gasteiger charge is -2.35. The van der Waals surface area contributed by atoms with Crippen molar-refractivity contribution in [1.82, 2.24) is 4.90 Å². The first-order chi connectivity index (χ1) is 10.1. The molecular formula is C16H22ClNO3. The van der Waals surface area contributed by atoms with Crippen LogP contribution in [0.1, 0.15) is 36.0 Å². The number of benzene rings is 1. The number of nitrogens with zero attached hydrogens (tertiary/aromatic N) is 1. The third kappa shape index (κ3) is 3.62. The molecule has 0 aliphatic heterocycles. The zero-order valence-electron chi connectivity index (χ0n) is 12.8. The van der Waals surface area contributed by atoms with Gasteiger partial charge in [-0.15, -0.1) is 11.6 Å². The first-order valence-corrected chi connectivity index (χ1v) is 7.64. The van der Waals surface area contributed by atoms with E-state index in [0.29, 0.717) is 17.1 Å². The molecule has 1 fully saturated rings. The SMILES string of the molecule is COc1cc(OC)cc(C(=O)N(C)C2CCCCC2Cl)c1. The number of halogens is 1. The molecule has 1 aromatic rings. The van der Waals surface area contributed by atoms with E-state index in [-0.39, 0.29) is 17.3 Å². The Balaban J connectivity index is 2.22. The van der Waals surface area contributed by atoms with Crippen LogP contribution in [0, 0.1) is 0 Å². The fourth-order valence-corrected chi connectivity index (χ4v) is 3.24. The van der Waals surface area contributed by atoms with Gasteiger partial charge >= 0.3 is 0 Å². The van der Waals surface area contributed by atoms with Gasteiger partial charge in [-0.2, -0.15) is 0 Å². The highest BCUT2D eigenvalue weighted by atomic mass is 35.5. The van der Waals surface area contributed by atoms with E-state index >= 15 is 0 Å². The Bertz CT molecular complexity index is 484. The summed E-state index contributed by atoms with van der Waals surface area (Å²) < 4.78 is 10.4. The lowest BCUT2D eigenvalue weighted by Crippen LogP contribution is -2.44. The van der Waals surface area contributed by atoms with Crippen molar-refractivity contribution in [3.63, 3.8) is 0 Å². The van der Waals surface area contributed by atoms with Gasteiger partial charge in [-0.25, -0.2) is 0 Å². The van der Waals surface area contributed by atoms with E-state index < -0.39 is 0 Å². The summed E-state index contributed by atoms with van der Waals surface area (Å²) >= 11 is 6.38. The Morgan fingerprint density at radius 1 is 1.14 bits per heavy atom. The molecule has 1 aliphatic carbocycles. The van der Waals surface area contributed by atoms with Gasteiger partial charge in [0.25, 0.3) is 5.91 Å². The van der Waals surface area contributed by atoms with Crippen molar-refractivity contribution < 1.29 is 14.3 Å². The van der Waals surface area contributed by atoms with Crippen LogP contribution in [0.25, 0.3) is 0 Å². The molecule has 1 saturated carbocycles. The van der Waals surface area contributed by atoms with Gasteiger partial charge in [-0.05, 0) is 25.0 Å². The van der Waals surface area contributed by atoms with Gasteiger partial charge in [-0.3, -0.25) is 4.79 Å². The van der Waals surface area contributed by atoms with Gasteiger partial charge in [0.05, 0.1) is 19.6 Å². The van der Waals surface area contributed by atoms with Gasteiger partial charge in [0.15, 0.2) is 0 Å². The summed E-state index contributed by atoms with van der Waals surface area (Å²) in [5, 5.41) is 0.0280. The molecule has 2 rings (SSSR count). The lowest BCUT2D eigenvalue weighted by molar-refractivity contribution is 0.0699. The summed E-state index contributed by atoms with van der Waals surface area (Å²) in [5.74, 6) is 1.17. The Morgan fingerprint density at radius 3 is 2.24 bits per heavy atom. The van der Waals surface area contributed by atoms with Gasteiger partial charge in [0.2, 0.25) is 0 Å². The Hall–Kier alpha value is -1.42. The quantitative estimate of drug-likeness (QED) is 0.801. The monoisotopic (exact) mass is 311 g/mol. The zero-order chi connectivity index (χ0) is 15.4. The maximum Gasteiger partial charge on any atom is 0.254 e. The fraction of sp³-hybridized carbons (Fsp3) is 0.562. The molecule has 0 saturated heterocycles. The fourth-order valence-electron chi connectivity index (χ4n) is 2.79. The van der Waals surface area contributed by atoms with Gasteiger partial charge in [-0.1, -0.05) is 12.8 Å². The third-order valence-electron chi connectivity index (χ3n) is 4.06. The Kier molecular flexibility index (Phi) is 5.34. The van der Waals surface area contributed by atoms with E-state index in [1.807, 2.05) is 7.05 Å². The van der Waals surface area contributed by atoms with Crippen molar-refractivity contribution >= 4 is 17.5 Å². The van der Waals surface area contributed by atoms with Crippen molar-refractivity contribution in [3.05, 3.63) is 23.8 Å². The second kappa shape index (κ2) is 7.03. The molecule has 0 N–H and O–H groups in total. The highest BCUT2D eigenvalue weighted by molar-refractivity contribution is 6.21. The number of hydrogen-bond acceptors (Lipinski definition) is 3. The second-order valence-corrected chi connectivity index (χ2v) is 5.95. The van der Waals surface area contributed by atoms with Crippen LogP contribution in [0.2, 0.25) is 0 Å². The zero-order valence-corrected chi connectivity index (χ0v) is 13.5. The average Bonchev–Trinajstić information content (AvgIpc) is 2.53. The average molecular weight is 312 g/mol. The smallest absolute Gasteiger partial charge is 0.254 e. The maximum absolute atomic E-state index is 12.7. The second-order valence-electron chi connectivity index (χ2n) is 5.39. The van der Waals surface area contributed by atoms with Crippen molar-refractivity contribution in [3.8, 4) is 11.5 Å². The van der Waals surface area contributed by atoms with Crippen LogP contribution in [0.3, 0.4) is 0 Å². The first-order valence-electron chi connectivity index (χ1n) is 7.21. The largest absolute Gasteiger partial charge is 0.497 e. The Morgan fingerprint density at radius 2 is 1.71 bits per heavy atom. The highest BCUT2D eigenvalue weighted by Crippen LogP contribution is 2.29. The van der Waals surface area contributed by atoms with Gasteiger partial charge in [0.1, 0.15) is 11.5 Å². The van der Waals surface area contributed by atoms with Crippen LogP contribution in [-0.4, -0.2) is 43.5 Å². The van der Waals surface area contributed by atoms with Crippen LogP contribution in [0.15, 0.2) is 18.2 Å². The molecule has 116 valence electrons. The summed E-state index contributed by atoms with van der Waals surface area (Å²) in [6, 6.07) is 5.30. The van der Waals surface area contributed by atoms with E-state index in [4.69, 9.17) is 21.1 Å². The molecule has 2 atom stereocenters. The summed E-state index contributed by atoms with van der Waals surface area (Å²) in [6.45, 7) is 0. The minimum Gasteiger partial charge on any atom is -0.497 e. The molecule has 0 heterocycles. The number of ether oxygens (including phenoxy) is 2. The van der Waals surface area contributed by atoms with Crippen molar-refractivity contribution in [2.45, 2.75) is 37.1 Å². The molecule has 1 amide bonds. The minimum atomic E-state index is -0.0512. The summed E-state index contributed by atoms with van der Waals surface area (Å²) in [7, 11) is 4.96. The van der Waals surface area contributed by atoms with E-state index in [0.717, 1.165) is 25.7 Å². The number of carbonyl (C=O) groups is 1. The maximum atomic E-state index is 12.7. The first kappa shape index (κ1) is 16.0. The number of hydrogen-bond donors (Lipinski definition) is 0. The van der Waals surface area contributed by atoms with Crippen molar-refractivity contribution in [2.75, 3.05) is 21.3 Å². The number of carbonyl (C=O) groups excluding carboxylic acids is 1. The van der Waals surface area contributed by atoms with Crippen molar-refractivity contribution in [1.29, 1.82) is 0 Å². The standard InChI is InChI=1S/C16H22ClNO3/c1-18(15-7-5-4-6-14(15)17)16(19)11-8-12(20-2)10-13(9-11)21-3/h8-10,14-15H,4-7H2,1-3H3. The molecular weight excluding hydrogens is 290 g/mol. The predicted molar refractivity (Wildman–Crippen MR) is 83.5 cm³/mol. The number of rotatable bonds is 4. The molecule has 21 heavy (non-hydrogen) atoms. The molecule has 1 aromatic carbocycles. The van der Waals surface area contributed by atoms with Crippen LogP contribution < -0.4 is 9.47 Å². The molecule has 1 aliphatic rings. The topological polar surface area (TPSA) is 38.8 Å². The summed E-state index contributed by atoms with van der Waals surface area (Å²) in [6.07, 6.45) is 4.18. The van der Waals surface area contributed by atoms with E-state index in [2.05, 4.69) is 0 Å². The normalized spacial score (nSPS) is 21.7. The number of amides is 1. The lowest BCUT2D eigenvalue weighted by atomic mass is 9.93. The molecule has 0 bridgehead atoms. The molecule has 0 aromatic heterocycles. The van der Waals surface area contributed by atoms with Gasteiger partial charge < -0.3 is 14.4 Å². The van der Waals surface area contributed by atoms with Crippen LogP contribution in [-0.2, 0) is 0 Å². The third-order valence-corrected chi connectivity index (χ3v) is 4.57. The van der Waals surface area contributed by atoms with Gasteiger partial charge in [0, 0.05) is 24.7 Å². The minimum absolute atomic E-state index is 0.0280. The van der Waals surface area contributed by atoms with E-state index in [1.165, 1.54) is 0 Å².